The van der Waals surface area contributed by atoms with E-state index in [9.17, 15) is 14.4 Å². The van der Waals surface area contributed by atoms with Gasteiger partial charge < -0.3 is 25.5 Å². The number of carbonyl (C=O) groups is 3. The predicted molar refractivity (Wildman–Crippen MR) is 86.2 cm³/mol. The highest BCUT2D eigenvalue weighted by molar-refractivity contribution is 6.01. The van der Waals surface area contributed by atoms with Crippen LogP contribution in [-0.4, -0.2) is 41.2 Å². The van der Waals surface area contributed by atoms with E-state index in [1.807, 2.05) is 6.07 Å². The highest BCUT2D eigenvalue weighted by Gasteiger charge is 2.24. The molecule has 0 unspecified atom stereocenters. The van der Waals surface area contributed by atoms with Crippen molar-refractivity contribution < 1.29 is 24.2 Å². The maximum atomic E-state index is 12.3. The average molecular weight is 342 g/mol. The molecule has 1 aromatic carbocycles. The summed E-state index contributed by atoms with van der Waals surface area (Å²) in [5.41, 5.74) is 6.05. The molecular formula is C16H14N4O5. The Hall–Kier alpha value is -3.80. The molecule has 9 nitrogen and oxygen atoms in total. The van der Waals surface area contributed by atoms with E-state index in [1.54, 1.807) is 12.1 Å². The first kappa shape index (κ1) is 17.6. The Morgan fingerprint density at radius 3 is 2.64 bits per heavy atom. The number of carbonyl (C=O) groups excluding carboxylic acids is 2. The largest absolute Gasteiger partial charge is 0.480 e. The summed E-state index contributed by atoms with van der Waals surface area (Å²) in [6.45, 7) is -0.561. The molecule has 0 aliphatic heterocycles. The number of anilines is 1. The number of methoxy groups -OCH3 is 1. The highest BCUT2D eigenvalue weighted by atomic mass is 16.5. The van der Waals surface area contributed by atoms with Crippen LogP contribution < -0.4 is 11.1 Å². The number of nitrogens with two attached hydrogens (primary N) is 1. The van der Waals surface area contributed by atoms with E-state index >= 15 is 0 Å². The SMILES string of the molecule is COC(=O)c1c(N)c(C#N)cn1-c1ccccc1C(=O)NCC(=O)O. The number of hydrogen-bond acceptors (Lipinski definition) is 6. The summed E-state index contributed by atoms with van der Waals surface area (Å²) in [5.74, 6) is -2.63. The Balaban J connectivity index is 2.60. The third kappa shape index (κ3) is 3.42. The number of aliphatic carboxylic acids is 1. The van der Waals surface area contributed by atoms with Crippen LogP contribution in [0, 0.1) is 11.3 Å². The van der Waals surface area contributed by atoms with Gasteiger partial charge in [0.25, 0.3) is 5.91 Å². The molecule has 0 radical (unpaired) electrons. The van der Waals surface area contributed by atoms with Gasteiger partial charge >= 0.3 is 11.9 Å². The van der Waals surface area contributed by atoms with Crippen molar-refractivity contribution in [3.05, 3.63) is 47.3 Å². The standard InChI is InChI=1S/C16H14N4O5/c1-25-16(24)14-13(18)9(6-17)8-20(14)11-5-3-2-4-10(11)15(23)19-7-12(21)22/h2-5,8H,7,18H2,1H3,(H,19,23)(H,21,22). The number of hydrogen-bond donors (Lipinski definition) is 3. The summed E-state index contributed by atoms with van der Waals surface area (Å²) in [7, 11) is 1.16. The van der Waals surface area contributed by atoms with Gasteiger partial charge in [-0.25, -0.2) is 4.79 Å². The molecule has 0 atom stereocenters. The van der Waals surface area contributed by atoms with Crippen LogP contribution in [0.2, 0.25) is 0 Å². The lowest BCUT2D eigenvalue weighted by Gasteiger charge is -2.13. The smallest absolute Gasteiger partial charge is 0.357 e. The maximum absolute atomic E-state index is 12.3. The molecule has 0 saturated carbocycles. The van der Waals surface area contributed by atoms with E-state index < -0.39 is 24.4 Å². The first-order valence-corrected chi connectivity index (χ1v) is 6.99. The molecule has 0 fully saturated rings. The van der Waals surface area contributed by atoms with E-state index in [-0.39, 0.29) is 28.2 Å². The fourth-order valence-corrected chi connectivity index (χ4v) is 2.23. The Kier molecular flexibility index (Phi) is 5.04. The molecule has 25 heavy (non-hydrogen) atoms. The van der Waals surface area contributed by atoms with E-state index in [2.05, 4.69) is 10.1 Å². The third-order valence-electron chi connectivity index (χ3n) is 3.35. The van der Waals surface area contributed by atoms with Crippen molar-refractivity contribution in [1.29, 1.82) is 5.26 Å². The first-order valence-electron chi connectivity index (χ1n) is 6.99. The molecule has 0 aliphatic carbocycles. The number of aromatic nitrogens is 1. The van der Waals surface area contributed by atoms with Crippen molar-refractivity contribution in [2.75, 3.05) is 19.4 Å². The summed E-state index contributed by atoms with van der Waals surface area (Å²) in [4.78, 5) is 34.9. The molecular weight excluding hydrogens is 328 g/mol. The third-order valence-corrected chi connectivity index (χ3v) is 3.35. The van der Waals surface area contributed by atoms with Crippen molar-refractivity contribution >= 4 is 23.5 Å². The van der Waals surface area contributed by atoms with Crippen molar-refractivity contribution in [3.8, 4) is 11.8 Å². The summed E-state index contributed by atoms with van der Waals surface area (Å²) < 4.78 is 5.96. The lowest BCUT2D eigenvalue weighted by Crippen LogP contribution is -2.30. The number of nitriles is 1. The van der Waals surface area contributed by atoms with Crippen LogP contribution in [0.4, 0.5) is 5.69 Å². The Morgan fingerprint density at radius 2 is 2.04 bits per heavy atom. The molecule has 0 spiro atoms. The van der Waals surface area contributed by atoms with Gasteiger partial charge in [0.1, 0.15) is 12.6 Å². The average Bonchev–Trinajstić information content (AvgIpc) is 2.95. The van der Waals surface area contributed by atoms with Crippen LogP contribution in [0.25, 0.3) is 5.69 Å². The first-order chi connectivity index (χ1) is 11.9. The maximum Gasteiger partial charge on any atom is 0.357 e. The molecule has 4 N–H and O–H groups in total. The summed E-state index contributed by atoms with van der Waals surface area (Å²) >= 11 is 0. The van der Waals surface area contributed by atoms with Gasteiger partial charge in [-0.15, -0.1) is 0 Å². The van der Waals surface area contributed by atoms with E-state index in [0.717, 1.165) is 7.11 Å². The zero-order valence-electron chi connectivity index (χ0n) is 13.1. The molecule has 9 heteroatoms. The molecule has 1 heterocycles. The van der Waals surface area contributed by atoms with Crippen LogP contribution in [0.15, 0.2) is 30.5 Å². The van der Waals surface area contributed by atoms with Crippen LogP contribution in [0.5, 0.6) is 0 Å². The number of carboxylic acids is 1. The zero-order chi connectivity index (χ0) is 18.6. The predicted octanol–water partition coefficient (Wildman–Crippen LogP) is 0.532. The van der Waals surface area contributed by atoms with Gasteiger partial charge in [-0.1, -0.05) is 12.1 Å². The Bertz CT molecular complexity index is 894. The molecule has 128 valence electrons. The monoisotopic (exact) mass is 342 g/mol. The van der Waals surface area contributed by atoms with Gasteiger partial charge in [0.15, 0.2) is 5.69 Å². The van der Waals surface area contributed by atoms with Gasteiger partial charge in [-0.2, -0.15) is 5.26 Å². The van der Waals surface area contributed by atoms with Crippen LogP contribution in [0.1, 0.15) is 26.4 Å². The lowest BCUT2D eigenvalue weighted by molar-refractivity contribution is -0.135. The summed E-state index contributed by atoms with van der Waals surface area (Å²) in [5, 5.41) is 20.1. The van der Waals surface area contributed by atoms with E-state index in [4.69, 9.17) is 16.1 Å². The van der Waals surface area contributed by atoms with Crippen LogP contribution in [-0.2, 0) is 9.53 Å². The second-order valence-electron chi connectivity index (χ2n) is 4.87. The minimum absolute atomic E-state index is 0.0427. The molecule has 2 aromatic rings. The van der Waals surface area contributed by atoms with Gasteiger partial charge in [-0.3, -0.25) is 9.59 Å². The van der Waals surface area contributed by atoms with Gasteiger partial charge in [0, 0.05) is 6.20 Å². The lowest BCUT2D eigenvalue weighted by atomic mass is 10.1. The Morgan fingerprint density at radius 1 is 1.36 bits per heavy atom. The van der Waals surface area contributed by atoms with Crippen molar-refractivity contribution in [2.45, 2.75) is 0 Å². The fraction of sp³-hybridized carbons (Fsp3) is 0.125. The van der Waals surface area contributed by atoms with E-state index in [0.29, 0.717) is 0 Å². The van der Waals surface area contributed by atoms with Gasteiger partial charge in [0.05, 0.1) is 29.6 Å². The fourth-order valence-electron chi connectivity index (χ4n) is 2.23. The molecule has 0 saturated heterocycles. The number of rotatable bonds is 5. The number of carboxylic acid groups (broad SMARTS) is 1. The van der Waals surface area contributed by atoms with Crippen molar-refractivity contribution in [2.24, 2.45) is 0 Å². The highest BCUT2D eigenvalue weighted by Crippen LogP contribution is 2.26. The number of nitrogens with zero attached hydrogens (tertiary/aromatic N) is 2. The number of para-hydroxylation sites is 1. The van der Waals surface area contributed by atoms with Crippen molar-refractivity contribution in [3.63, 3.8) is 0 Å². The van der Waals surface area contributed by atoms with Crippen molar-refractivity contribution in [1.82, 2.24) is 9.88 Å². The minimum atomic E-state index is -1.20. The van der Waals surface area contributed by atoms with Crippen LogP contribution >= 0.6 is 0 Å². The zero-order valence-corrected chi connectivity index (χ0v) is 13.1. The normalized spacial score (nSPS) is 9.92. The number of esters is 1. The minimum Gasteiger partial charge on any atom is -0.480 e. The van der Waals surface area contributed by atoms with Gasteiger partial charge in [0.2, 0.25) is 0 Å². The number of amides is 1. The summed E-state index contributed by atoms with van der Waals surface area (Å²) in [6, 6.07) is 8.04. The quantitative estimate of drug-likeness (QED) is 0.671. The molecule has 2 rings (SSSR count). The molecule has 0 bridgehead atoms. The molecule has 1 amide bonds. The second-order valence-corrected chi connectivity index (χ2v) is 4.87. The number of nitrogen functional groups attached to an aromatic ring is 1. The summed E-state index contributed by atoms with van der Waals surface area (Å²) in [6.07, 6.45) is 1.31. The molecule has 0 aliphatic rings. The number of nitrogens with one attached hydrogen (secondary N) is 1. The molecule has 1 aromatic heterocycles. The second kappa shape index (κ2) is 7.18. The topological polar surface area (TPSA) is 147 Å². The van der Waals surface area contributed by atoms with Crippen LogP contribution in [0.3, 0.4) is 0 Å². The number of benzene rings is 1. The Labute approximate surface area is 142 Å². The van der Waals surface area contributed by atoms with E-state index in [1.165, 1.54) is 22.9 Å². The van der Waals surface area contributed by atoms with Gasteiger partial charge in [-0.05, 0) is 12.1 Å². The number of ether oxygens (including phenoxy) is 1.